The second kappa shape index (κ2) is 10.6. The Morgan fingerprint density at radius 2 is 1.74 bits per heavy atom. The highest BCUT2D eigenvalue weighted by Crippen LogP contribution is 2.17. The fourth-order valence-electron chi connectivity index (χ4n) is 2.23. The van der Waals surface area contributed by atoms with Crippen LogP contribution in [0, 0.1) is 5.92 Å². The Kier molecular flexibility index (Phi) is 10.6. The van der Waals surface area contributed by atoms with Gasteiger partial charge in [0.15, 0.2) is 0 Å². The van der Waals surface area contributed by atoms with Crippen LogP contribution in [0.3, 0.4) is 0 Å². The van der Waals surface area contributed by atoms with Crippen molar-refractivity contribution >= 4 is 8.56 Å². The smallest absolute Gasteiger partial charge is 0.361 e. The summed E-state index contributed by atoms with van der Waals surface area (Å²) in [5, 5.41) is 0. The van der Waals surface area contributed by atoms with Gasteiger partial charge in [0.05, 0.1) is 0 Å². The van der Waals surface area contributed by atoms with Crippen molar-refractivity contribution in [2.75, 3.05) is 6.61 Å². The molecule has 0 aromatic heterocycles. The lowest BCUT2D eigenvalue weighted by molar-refractivity contribution is 0.119. The van der Waals surface area contributed by atoms with Crippen LogP contribution in [-0.2, 0) is 8.85 Å². The van der Waals surface area contributed by atoms with Crippen LogP contribution in [0.4, 0.5) is 0 Å². The van der Waals surface area contributed by atoms with Gasteiger partial charge in [0.1, 0.15) is 0 Å². The molecule has 0 aliphatic carbocycles. The molecule has 3 heteroatoms. The van der Waals surface area contributed by atoms with Crippen LogP contribution >= 0.6 is 0 Å². The molecule has 0 N–H and O–H groups in total. The standard InChI is InChI=1S/C16H34O2Si/c1-7-9-10-11-12-13-17-19(6,8-2)18-16(5)14-15(3)4/h8,15-16H,2,7,9-14H2,1,3-6H3. The number of hydrogen-bond acceptors (Lipinski definition) is 2. The van der Waals surface area contributed by atoms with Crippen LogP contribution in [0.5, 0.6) is 0 Å². The van der Waals surface area contributed by atoms with Crippen molar-refractivity contribution in [3.63, 3.8) is 0 Å². The zero-order valence-electron chi connectivity index (χ0n) is 13.7. The SMILES string of the molecule is C=C[Si](C)(OCCCCCCC)OC(C)CC(C)C. The van der Waals surface area contributed by atoms with Gasteiger partial charge in [0.25, 0.3) is 0 Å². The Morgan fingerprint density at radius 1 is 1.11 bits per heavy atom. The van der Waals surface area contributed by atoms with E-state index in [0.29, 0.717) is 5.92 Å². The molecule has 0 aliphatic heterocycles. The van der Waals surface area contributed by atoms with Crippen molar-refractivity contribution < 1.29 is 8.85 Å². The van der Waals surface area contributed by atoms with Crippen LogP contribution in [-0.4, -0.2) is 21.3 Å². The van der Waals surface area contributed by atoms with Crippen molar-refractivity contribution in [2.24, 2.45) is 5.92 Å². The third-order valence-corrected chi connectivity index (χ3v) is 5.64. The van der Waals surface area contributed by atoms with E-state index in [9.17, 15) is 0 Å². The first-order valence-electron chi connectivity index (χ1n) is 7.89. The maximum Gasteiger partial charge on any atom is 0.361 e. The van der Waals surface area contributed by atoms with Gasteiger partial charge in [-0.15, -0.1) is 6.58 Å². The summed E-state index contributed by atoms with van der Waals surface area (Å²) in [4.78, 5) is 0. The van der Waals surface area contributed by atoms with E-state index in [1.54, 1.807) is 0 Å². The van der Waals surface area contributed by atoms with Crippen LogP contribution in [0.1, 0.15) is 66.2 Å². The Hall–Kier alpha value is -0.123. The highest BCUT2D eigenvalue weighted by atomic mass is 28.4. The molecule has 2 unspecified atom stereocenters. The number of unbranched alkanes of at least 4 members (excludes halogenated alkanes) is 4. The van der Waals surface area contributed by atoms with Gasteiger partial charge in [0, 0.05) is 12.7 Å². The third-order valence-electron chi connectivity index (χ3n) is 3.25. The van der Waals surface area contributed by atoms with Crippen LogP contribution in [0.15, 0.2) is 12.3 Å². The van der Waals surface area contributed by atoms with Gasteiger partial charge >= 0.3 is 8.56 Å². The van der Waals surface area contributed by atoms with E-state index in [4.69, 9.17) is 8.85 Å². The van der Waals surface area contributed by atoms with E-state index in [-0.39, 0.29) is 6.10 Å². The zero-order chi connectivity index (χ0) is 14.7. The minimum atomic E-state index is -2.16. The normalized spacial score (nSPS) is 16.3. The first-order chi connectivity index (χ1) is 8.93. The van der Waals surface area contributed by atoms with Crippen molar-refractivity contribution in [2.45, 2.75) is 78.9 Å². The lowest BCUT2D eigenvalue weighted by atomic mass is 10.1. The van der Waals surface area contributed by atoms with Gasteiger partial charge in [-0.3, -0.25) is 0 Å². The second-order valence-electron chi connectivity index (χ2n) is 6.04. The maximum atomic E-state index is 6.12. The third kappa shape index (κ3) is 10.3. The van der Waals surface area contributed by atoms with Crippen LogP contribution in [0.2, 0.25) is 6.55 Å². The predicted octanol–water partition coefficient (Wildman–Crippen LogP) is 5.22. The lowest BCUT2D eigenvalue weighted by Crippen LogP contribution is -2.40. The molecule has 0 amide bonds. The van der Waals surface area contributed by atoms with Gasteiger partial charge < -0.3 is 8.85 Å². The average molecular weight is 287 g/mol. The van der Waals surface area contributed by atoms with Crippen LogP contribution < -0.4 is 0 Å². The first-order valence-corrected chi connectivity index (χ1v) is 10.3. The molecule has 0 saturated carbocycles. The molecule has 0 aliphatic rings. The van der Waals surface area contributed by atoms with E-state index in [2.05, 4.69) is 40.8 Å². The second-order valence-corrected chi connectivity index (χ2v) is 9.01. The summed E-state index contributed by atoms with van der Waals surface area (Å²) in [6, 6.07) is 0. The fraction of sp³-hybridized carbons (Fsp3) is 0.875. The van der Waals surface area contributed by atoms with E-state index in [0.717, 1.165) is 19.4 Å². The molecule has 0 saturated heterocycles. The highest BCUT2D eigenvalue weighted by molar-refractivity contribution is 6.71. The first kappa shape index (κ1) is 18.9. The Labute approximate surface area is 121 Å². The van der Waals surface area contributed by atoms with Crippen LogP contribution in [0.25, 0.3) is 0 Å². The molecule has 0 aromatic carbocycles. The molecule has 114 valence electrons. The Balaban J connectivity index is 3.91. The molecular weight excluding hydrogens is 252 g/mol. The summed E-state index contributed by atoms with van der Waals surface area (Å²) in [5.41, 5.74) is 1.91. The molecule has 0 radical (unpaired) electrons. The van der Waals surface area contributed by atoms with Gasteiger partial charge in [-0.1, -0.05) is 46.5 Å². The minimum absolute atomic E-state index is 0.259. The maximum absolute atomic E-state index is 6.12. The zero-order valence-corrected chi connectivity index (χ0v) is 14.7. The Bertz CT molecular complexity index is 231. The molecule has 0 spiro atoms. The predicted molar refractivity (Wildman–Crippen MR) is 86.5 cm³/mol. The largest absolute Gasteiger partial charge is 0.391 e. The lowest BCUT2D eigenvalue weighted by Gasteiger charge is -2.28. The fourth-order valence-corrected chi connectivity index (χ4v) is 3.96. The van der Waals surface area contributed by atoms with Gasteiger partial charge in [0.2, 0.25) is 0 Å². The Morgan fingerprint density at radius 3 is 2.26 bits per heavy atom. The molecule has 0 heterocycles. The molecule has 2 nitrogen and oxygen atoms in total. The minimum Gasteiger partial charge on any atom is -0.391 e. The number of rotatable bonds is 12. The average Bonchev–Trinajstić information content (AvgIpc) is 2.32. The van der Waals surface area contributed by atoms with E-state index < -0.39 is 8.56 Å². The van der Waals surface area contributed by atoms with Gasteiger partial charge in [-0.25, -0.2) is 0 Å². The topological polar surface area (TPSA) is 18.5 Å². The van der Waals surface area contributed by atoms with Gasteiger partial charge in [-0.2, -0.15) is 0 Å². The highest BCUT2D eigenvalue weighted by Gasteiger charge is 2.29. The molecule has 0 aromatic rings. The molecule has 0 fully saturated rings. The molecular formula is C16H34O2Si. The van der Waals surface area contributed by atoms with Crippen molar-refractivity contribution in [3.05, 3.63) is 12.3 Å². The summed E-state index contributed by atoms with van der Waals surface area (Å²) in [7, 11) is -2.16. The molecule has 0 rings (SSSR count). The monoisotopic (exact) mass is 286 g/mol. The summed E-state index contributed by atoms with van der Waals surface area (Å²) < 4.78 is 12.1. The quantitative estimate of drug-likeness (QED) is 0.361. The molecule has 0 bridgehead atoms. The van der Waals surface area contributed by atoms with Gasteiger partial charge in [-0.05, 0) is 37.9 Å². The van der Waals surface area contributed by atoms with Crippen molar-refractivity contribution in [1.82, 2.24) is 0 Å². The van der Waals surface area contributed by atoms with E-state index in [1.807, 2.05) is 5.70 Å². The van der Waals surface area contributed by atoms with E-state index in [1.165, 1.54) is 25.7 Å². The summed E-state index contributed by atoms with van der Waals surface area (Å²) in [6.45, 7) is 15.6. The summed E-state index contributed by atoms with van der Waals surface area (Å²) in [5.74, 6) is 0.659. The summed E-state index contributed by atoms with van der Waals surface area (Å²) >= 11 is 0. The van der Waals surface area contributed by atoms with E-state index >= 15 is 0 Å². The van der Waals surface area contributed by atoms with Crippen molar-refractivity contribution in [3.8, 4) is 0 Å². The van der Waals surface area contributed by atoms with Crippen molar-refractivity contribution in [1.29, 1.82) is 0 Å². The summed E-state index contributed by atoms with van der Waals surface area (Å²) in [6.07, 6.45) is 7.67. The number of hydrogen-bond donors (Lipinski definition) is 0. The molecule has 19 heavy (non-hydrogen) atoms. The molecule has 2 atom stereocenters.